The molecule has 12 heteroatoms. The van der Waals surface area contributed by atoms with Crippen LogP contribution in [0, 0.1) is 5.82 Å². The van der Waals surface area contributed by atoms with Crippen molar-refractivity contribution in [1.82, 2.24) is 25.0 Å². The minimum atomic E-state index is -2.89. The Hall–Kier alpha value is -3.38. The van der Waals surface area contributed by atoms with Crippen LogP contribution in [0.3, 0.4) is 0 Å². The van der Waals surface area contributed by atoms with Crippen molar-refractivity contribution in [3.63, 3.8) is 0 Å². The number of rotatable bonds is 8. The topological polar surface area (TPSA) is 78.6 Å². The molecule has 2 aliphatic heterocycles. The summed E-state index contributed by atoms with van der Waals surface area (Å²) in [6, 6.07) is 8.73. The second-order valence-electron chi connectivity index (χ2n) is 9.69. The van der Waals surface area contributed by atoms with Gasteiger partial charge in [-0.05, 0) is 62.8 Å². The minimum Gasteiger partial charge on any atom is -0.415 e. The zero-order valence-electron chi connectivity index (χ0n) is 20.9. The lowest BCUT2D eigenvalue weighted by molar-refractivity contribution is -0.146. The molecule has 0 unspecified atom stereocenters. The quantitative estimate of drug-likeness (QED) is 0.402. The van der Waals surface area contributed by atoms with Crippen molar-refractivity contribution in [2.45, 2.75) is 44.4 Å². The molecule has 0 spiro atoms. The first-order valence-electron chi connectivity index (χ1n) is 12.6. The van der Waals surface area contributed by atoms with Gasteiger partial charge >= 0.3 is 6.43 Å². The zero-order valence-corrected chi connectivity index (χ0v) is 20.9. The van der Waals surface area contributed by atoms with E-state index in [2.05, 4.69) is 27.0 Å². The molecule has 2 saturated heterocycles. The fourth-order valence-electron chi connectivity index (χ4n) is 5.00. The molecule has 8 nitrogen and oxygen atoms in total. The van der Waals surface area contributed by atoms with E-state index in [4.69, 9.17) is 4.42 Å². The van der Waals surface area contributed by atoms with Gasteiger partial charge in [0.25, 0.3) is 11.8 Å². The number of halogens is 4. The van der Waals surface area contributed by atoms with E-state index in [-0.39, 0.29) is 37.3 Å². The molecular formula is C26H28F4N6O2. The average molecular weight is 533 g/mol. The number of hydrogen-bond acceptors (Lipinski definition) is 7. The Bertz CT molecular complexity index is 1260. The predicted molar refractivity (Wildman–Crippen MR) is 131 cm³/mol. The average Bonchev–Trinajstić information content (AvgIpc) is 3.41. The van der Waals surface area contributed by atoms with Gasteiger partial charge in [0.15, 0.2) is 0 Å². The molecule has 1 aromatic carbocycles. The lowest BCUT2D eigenvalue weighted by atomic mass is 9.89. The number of pyridine rings is 1. The molecule has 0 N–H and O–H groups in total. The highest BCUT2D eigenvalue weighted by atomic mass is 19.3. The molecule has 0 radical (unpaired) electrons. The van der Waals surface area contributed by atoms with Crippen molar-refractivity contribution in [1.29, 1.82) is 0 Å². The highest BCUT2D eigenvalue weighted by Crippen LogP contribution is 2.34. The SMILES string of the molecule is CCN1CCC(N2CC(F)(C(=O)N(Cc3ccc(-c4nnc(C(F)F)o4)cn3)c3cccc(F)c3)C2)CC1. The highest BCUT2D eigenvalue weighted by molar-refractivity contribution is 6.00. The van der Waals surface area contributed by atoms with Crippen molar-refractivity contribution < 1.29 is 26.8 Å². The van der Waals surface area contributed by atoms with Crippen molar-refractivity contribution in [3.8, 4) is 11.5 Å². The number of carbonyl (C=O) groups is 1. The number of amides is 1. The lowest BCUT2D eigenvalue weighted by Gasteiger charge is -2.50. The number of hydrogen-bond donors (Lipinski definition) is 0. The number of nitrogens with zero attached hydrogens (tertiary/aromatic N) is 6. The summed E-state index contributed by atoms with van der Waals surface area (Å²) in [7, 11) is 0. The molecule has 4 heterocycles. The molecule has 2 fully saturated rings. The fraction of sp³-hybridized carbons (Fsp3) is 0.462. The third-order valence-electron chi connectivity index (χ3n) is 7.20. The Balaban J connectivity index is 1.31. The number of anilines is 1. The van der Waals surface area contributed by atoms with Crippen molar-refractivity contribution in [3.05, 3.63) is 60.0 Å². The highest BCUT2D eigenvalue weighted by Gasteiger charge is 2.54. The summed E-state index contributed by atoms with van der Waals surface area (Å²) in [6.45, 7) is 4.88. The van der Waals surface area contributed by atoms with E-state index in [9.17, 15) is 18.0 Å². The summed E-state index contributed by atoms with van der Waals surface area (Å²) in [4.78, 5) is 23.3. The number of aromatic nitrogens is 3. The molecule has 0 aliphatic carbocycles. The van der Waals surface area contributed by atoms with Gasteiger partial charge in [-0.1, -0.05) is 13.0 Å². The molecule has 202 valence electrons. The van der Waals surface area contributed by atoms with Crippen LogP contribution < -0.4 is 4.90 Å². The van der Waals surface area contributed by atoms with Crippen LogP contribution in [0.5, 0.6) is 0 Å². The molecule has 2 aromatic heterocycles. The maximum atomic E-state index is 15.9. The van der Waals surface area contributed by atoms with Gasteiger partial charge in [-0.25, -0.2) is 8.78 Å². The first-order valence-corrected chi connectivity index (χ1v) is 12.6. The third-order valence-corrected chi connectivity index (χ3v) is 7.20. The van der Waals surface area contributed by atoms with E-state index in [0.717, 1.165) is 32.5 Å². The monoisotopic (exact) mass is 532 g/mol. The predicted octanol–water partition coefficient (Wildman–Crippen LogP) is 4.25. The molecule has 0 atom stereocenters. The van der Waals surface area contributed by atoms with Gasteiger partial charge in [0.1, 0.15) is 5.82 Å². The summed E-state index contributed by atoms with van der Waals surface area (Å²) < 4.78 is 60.4. The Kier molecular flexibility index (Phi) is 7.44. The molecular weight excluding hydrogens is 504 g/mol. The molecule has 0 bridgehead atoms. The maximum Gasteiger partial charge on any atom is 0.314 e. The van der Waals surface area contributed by atoms with E-state index in [1.54, 1.807) is 12.1 Å². The zero-order chi connectivity index (χ0) is 26.9. The Morgan fingerprint density at radius 2 is 1.95 bits per heavy atom. The largest absolute Gasteiger partial charge is 0.415 e. The molecule has 1 amide bonds. The first-order chi connectivity index (χ1) is 18.3. The van der Waals surface area contributed by atoms with Crippen LogP contribution >= 0.6 is 0 Å². The van der Waals surface area contributed by atoms with Crippen LogP contribution in [0.15, 0.2) is 47.0 Å². The lowest BCUT2D eigenvalue weighted by Crippen LogP contribution is -2.69. The van der Waals surface area contributed by atoms with Gasteiger partial charge in [-0.2, -0.15) is 8.78 Å². The maximum absolute atomic E-state index is 15.9. The fourth-order valence-corrected chi connectivity index (χ4v) is 5.00. The molecule has 2 aliphatic rings. The number of likely N-dealkylation sites (tertiary alicyclic amines) is 2. The van der Waals surface area contributed by atoms with E-state index in [1.165, 1.54) is 35.4 Å². The van der Waals surface area contributed by atoms with Crippen molar-refractivity contribution in [2.24, 2.45) is 0 Å². The van der Waals surface area contributed by atoms with E-state index in [0.29, 0.717) is 11.3 Å². The van der Waals surface area contributed by atoms with Gasteiger partial charge in [0.05, 0.1) is 17.8 Å². The number of benzene rings is 1. The van der Waals surface area contributed by atoms with E-state index >= 15 is 4.39 Å². The number of alkyl halides is 3. The molecule has 0 saturated carbocycles. The molecule has 3 aromatic rings. The smallest absolute Gasteiger partial charge is 0.314 e. The Morgan fingerprint density at radius 1 is 1.18 bits per heavy atom. The van der Waals surface area contributed by atoms with E-state index < -0.39 is 29.7 Å². The summed E-state index contributed by atoms with van der Waals surface area (Å²) in [6.07, 6.45) is 0.307. The van der Waals surface area contributed by atoms with Gasteiger partial charge in [-0.15, -0.1) is 10.2 Å². The molecule has 5 rings (SSSR count). The normalized spacial score (nSPS) is 18.5. The summed E-state index contributed by atoms with van der Waals surface area (Å²) in [5.74, 6) is -2.24. The van der Waals surface area contributed by atoms with Crippen LogP contribution in [0.25, 0.3) is 11.5 Å². The van der Waals surface area contributed by atoms with Crippen LogP contribution in [-0.4, -0.2) is 75.3 Å². The minimum absolute atomic E-state index is 0.00948. The Morgan fingerprint density at radius 3 is 2.55 bits per heavy atom. The molecule has 38 heavy (non-hydrogen) atoms. The van der Waals surface area contributed by atoms with Gasteiger partial charge in [0, 0.05) is 31.0 Å². The first kappa shape index (κ1) is 26.2. The number of piperidine rings is 1. The van der Waals surface area contributed by atoms with Gasteiger partial charge in [-0.3, -0.25) is 14.7 Å². The van der Waals surface area contributed by atoms with Crippen LogP contribution in [0.4, 0.5) is 23.2 Å². The van der Waals surface area contributed by atoms with Crippen molar-refractivity contribution in [2.75, 3.05) is 37.6 Å². The second kappa shape index (κ2) is 10.8. The van der Waals surface area contributed by atoms with Crippen LogP contribution in [0.2, 0.25) is 0 Å². The third kappa shape index (κ3) is 5.41. The Labute approximate surface area is 217 Å². The second-order valence-corrected chi connectivity index (χ2v) is 9.69. The summed E-state index contributed by atoms with van der Waals surface area (Å²) >= 11 is 0. The summed E-state index contributed by atoms with van der Waals surface area (Å²) in [5.41, 5.74) is -1.19. The van der Waals surface area contributed by atoms with Gasteiger partial charge < -0.3 is 14.2 Å². The van der Waals surface area contributed by atoms with Crippen LogP contribution in [-0.2, 0) is 11.3 Å². The van der Waals surface area contributed by atoms with Crippen molar-refractivity contribution >= 4 is 11.6 Å². The van der Waals surface area contributed by atoms with Crippen LogP contribution in [0.1, 0.15) is 37.8 Å². The van der Waals surface area contributed by atoms with Gasteiger partial charge in [0.2, 0.25) is 11.6 Å². The standard InChI is InChI=1S/C26H28F4N6O2/c1-2-34-10-8-20(9-11-34)35-15-26(30,16-35)25(37)36(21-5-3-4-18(27)12-21)14-19-7-6-17(13-31-19)23-32-33-24(38-23)22(28)29/h3-7,12-13,20,22H,2,8-11,14-16H2,1H3. The van der Waals surface area contributed by atoms with E-state index in [1.807, 2.05) is 4.90 Å². The summed E-state index contributed by atoms with van der Waals surface area (Å²) in [5, 5.41) is 6.88. The number of carbonyl (C=O) groups excluding carboxylic acids is 1.